The molecule has 0 aliphatic carbocycles. The van der Waals surface area contributed by atoms with E-state index in [0.29, 0.717) is 37.2 Å². The summed E-state index contributed by atoms with van der Waals surface area (Å²) in [5.74, 6) is -1.05. The molecule has 1 saturated heterocycles. The Hall–Kier alpha value is -3.81. The molecule has 0 spiro atoms. The predicted molar refractivity (Wildman–Crippen MR) is 117 cm³/mol. The molecular weight excluding hydrogens is 411 g/mol. The minimum Gasteiger partial charge on any atom is -0.312 e. The lowest BCUT2D eigenvalue weighted by atomic mass is 10.0. The quantitative estimate of drug-likeness (QED) is 0.591. The van der Waals surface area contributed by atoms with Crippen molar-refractivity contribution < 1.29 is 18.8 Å². The van der Waals surface area contributed by atoms with Gasteiger partial charge in [0, 0.05) is 43.4 Å². The summed E-state index contributed by atoms with van der Waals surface area (Å²) >= 11 is 0. The van der Waals surface area contributed by atoms with E-state index < -0.39 is 5.82 Å². The van der Waals surface area contributed by atoms with Crippen LogP contribution >= 0.6 is 0 Å². The maximum atomic E-state index is 14.5. The number of anilines is 2. The van der Waals surface area contributed by atoms with Gasteiger partial charge in [-0.1, -0.05) is 12.1 Å². The molecule has 32 heavy (non-hydrogen) atoms. The minimum absolute atomic E-state index is 0.0991. The van der Waals surface area contributed by atoms with Crippen molar-refractivity contribution in [1.29, 1.82) is 0 Å². The summed E-state index contributed by atoms with van der Waals surface area (Å²) in [4.78, 5) is 41.0. The Bertz CT molecular complexity index is 1250. The lowest BCUT2D eigenvalue weighted by molar-refractivity contribution is -0.117. The fraction of sp³-hybridized carbons (Fsp3) is 0.250. The van der Waals surface area contributed by atoms with Crippen LogP contribution in [0.5, 0.6) is 0 Å². The number of hydrogen-bond donors (Lipinski definition) is 0. The Morgan fingerprint density at radius 1 is 0.938 bits per heavy atom. The van der Waals surface area contributed by atoms with Gasteiger partial charge in [-0.3, -0.25) is 14.4 Å². The number of hydrogen-bond acceptors (Lipinski definition) is 4. The van der Waals surface area contributed by atoms with Crippen molar-refractivity contribution >= 4 is 29.0 Å². The molecule has 7 nitrogen and oxygen atoms in total. The Labute approximate surface area is 184 Å². The molecule has 0 N–H and O–H groups in total. The largest absolute Gasteiger partial charge is 0.312 e. The van der Waals surface area contributed by atoms with Gasteiger partial charge in [0.2, 0.25) is 5.91 Å². The summed E-state index contributed by atoms with van der Waals surface area (Å²) in [6.45, 7) is 2.46. The van der Waals surface area contributed by atoms with Gasteiger partial charge in [-0.15, -0.1) is 0 Å². The van der Waals surface area contributed by atoms with Crippen LogP contribution < -0.4 is 9.80 Å². The van der Waals surface area contributed by atoms with E-state index in [1.807, 2.05) is 12.1 Å². The van der Waals surface area contributed by atoms with Crippen LogP contribution in [0.15, 0.2) is 48.5 Å². The van der Waals surface area contributed by atoms with E-state index in [9.17, 15) is 18.8 Å². The zero-order valence-electron chi connectivity index (χ0n) is 17.5. The van der Waals surface area contributed by atoms with Crippen LogP contribution in [0.1, 0.15) is 46.3 Å². The van der Waals surface area contributed by atoms with Crippen LogP contribution in [-0.4, -0.2) is 40.5 Å². The average Bonchev–Trinajstić information content (AvgIpc) is 3.39. The molecule has 8 heteroatoms. The number of nitrogens with zero attached hydrogens (tertiary/aromatic N) is 4. The first-order valence-corrected chi connectivity index (χ1v) is 10.6. The van der Waals surface area contributed by atoms with E-state index in [-0.39, 0.29) is 34.7 Å². The normalized spacial score (nSPS) is 15.9. The van der Waals surface area contributed by atoms with Crippen molar-refractivity contribution in [1.82, 2.24) is 9.78 Å². The van der Waals surface area contributed by atoms with Gasteiger partial charge >= 0.3 is 0 Å². The molecule has 3 heterocycles. The minimum atomic E-state index is -0.530. The number of ketones is 1. The molecule has 0 bridgehead atoms. The number of carbonyl (C=O) groups excluding carboxylic acids is 3. The van der Waals surface area contributed by atoms with Crippen molar-refractivity contribution in [3.05, 3.63) is 71.3 Å². The maximum absolute atomic E-state index is 14.5. The van der Waals surface area contributed by atoms with Gasteiger partial charge in [-0.2, -0.15) is 5.10 Å². The van der Waals surface area contributed by atoms with Crippen LogP contribution in [0.3, 0.4) is 0 Å². The zero-order valence-corrected chi connectivity index (χ0v) is 17.5. The molecule has 162 valence electrons. The van der Waals surface area contributed by atoms with E-state index in [1.54, 1.807) is 34.1 Å². The van der Waals surface area contributed by atoms with Gasteiger partial charge in [-0.25, -0.2) is 9.07 Å². The van der Waals surface area contributed by atoms with Crippen molar-refractivity contribution in [3.8, 4) is 5.69 Å². The Morgan fingerprint density at radius 2 is 1.62 bits per heavy atom. The number of benzene rings is 2. The molecule has 0 unspecified atom stereocenters. The van der Waals surface area contributed by atoms with Crippen molar-refractivity contribution in [2.45, 2.75) is 26.2 Å². The average molecular weight is 432 g/mol. The van der Waals surface area contributed by atoms with Gasteiger partial charge in [0.1, 0.15) is 22.9 Å². The zero-order chi connectivity index (χ0) is 22.4. The number of Topliss-reactive ketones (excluding diaryl/α,β-unsaturated/α-hetero) is 1. The standard InChI is InChI=1S/C24H21FN4O3/c1-15(30)22-18-12-14-28(17-10-8-16(9-11-17)27-13-4-7-21(27)31)24(32)23(18)29(26-22)20-6-3-2-5-19(20)25/h2-3,5-6,8-11H,4,7,12-14H2,1H3. The summed E-state index contributed by atoms with van der Waals surface area (Å²) < 4.78 is 15.8. The second-order valence-corrected chi connectivity index (χ2v) is 7.97. The first-order chi connectivity index (χ1) is 15.5. The van der Waals surface area contributed by atoms with E-state index >= 15 is 0 Å². The number of para-hydroxylation sites is 1. The number of amides is 2. The number of fused-ring (bicyclic) bond motifs is 1. The molecule has 1 fully saturated rings. The van der Waals surface area contributed by atoms with Crippen LogP contribution in [0.4, 0.5) is 15.8 Å². The third-order valence-electron chi connectivity index (χ3n) is 5.98. The van der Waals surface area contributed by atoms with Gasteiger partial charge in [0.05, 0.1) is 0 Å². The second kappa shape index (κ2) is 7.71. The highest BCUT2D eigenvalue weighted by Gasteiger charge is 2.35. The molecule has 5 rings (SSSR count). The summed E-state index contributed by atoms with van der Waals surface area (Å²) in [6.07, 6.45) is 1.82. The fourth-order valence-electron chi connectivity index (χ4n) is 4.42. The predicted octanol–water partition coefficient (Wildman–Crippen LogP) is 3.54. The summed E-state index contributed by atoms with van der Waals surface area (Å²) in [6, 6.07) is 13.3. The highest BCUT2D eigenvalue weighted by Crippen LogP contribution is 2.31. The molecular formula is C24H21FN4O3. The van der Waals surface area contributed by atoms with Crippen LogP contribution in [0, 0.1) is 5.82 Å². The van der Waals surface area contributed by atoms with Crippen LogP contribution in [-0.2, 0) is 11.2 Å². The molecule has 0 saturated carbocycles. The Kier molecular flexibility index (Phi) is 4.84. The van der Waals surface area contributed by atoms with Crippen LogP contribution in [0.2, 0.25) is 0 Å². The molecule has 2 aliphatic heterocycles. The second-order valence-electron chi connectivity index (χ2n) is 7.97. The van der Waals surface area contributed by atoms with Gasteiger partial charge in [0.25, 0.3) is 5.91 Å². The topological polar surface area (TPSA) is 75.5 Å². The molecule has 2 amide bonds. The third kappa shape index (κ3) is 3.19. The molecule has 0 radical (unpaired) electrons. The molecule has 1 aromatic heterocycles. The first kappa shape index (κ1) is 20.1. The highest BCUT2D eigenvalue weighted by atomic mass is 19.1. The SMILES string of the molecule is CC(=O)c1nn(-c2ccccc2F)c2c1CCN(c1ccc(N3CCCC3=O)cc1)C2=O. The molecule has 2 aliphatic rings. The molecule has 2 aromatic carbocycles. The number of halogens is 1. The van der Waals surface area contributed by atoms with E-state index in [0.717, 1.165) is 12.1 Å². The van der Waals surface area contributed by atoms with Crippen LogP contribution in [0.25, 0.3) is 5.69 Å². The Morgan fingerprint density at radius 3 is 2.25 bits per heavy atom. The monoisotopic (exact) mass is 432 g/mol. The first-order valence-electron chi connectivity index (χ1n) is 10.6. The van der Waals surface area contributed by atoms with Gasteiger partial charge in [0.15, 0.2) is 5.78 Å². The van der Waals surface area contributed by atoms with Gasteiger partial charge in [-0.05, 0) is 49.2 Å². The number of aromatic nitrogens is 2. The molecule has 3 aromatic rings. The Balaban J connectivity index is 1.54. The van der Waals surface area contributed by atoms with Crippen molar-refractivity contribution in [2.24, 2.45) is 0 Å². The van der Waals surface area contributed by atoms with Crippen molar-refractivity contribution in [3.63, 3.8) is 0 Å². The smallest absolute Gasteiger partial charge is 0.277 e. The lowest BCUT2D eigenvalue weighted by Gasteiger charge is -2.28. The van der Waals surface area contributed by atoms with E-state index in [2.05, 4.69) is 5.10 Å². The van der Waals surface area contributed by atoms with E-state index in [4.69, 9.17) is 0 Å². The maximum Gasteiger partial charge on any atom is 0.277 e. The third-order valence-corrected chi connectivity index (χ3v) is 5.98. The van der Waals surface area contributed by atoms with Gasteiger partial charge < -0.3 is 9.80 Å². The number of carbonyl (C=O) groups is 3. The lowest BCUT2D eigenvalue weighted by Crippen LogP contribution is -2.39. The highest BCUT2D eigenvalue weighted by molar-refractivity contribution is 6.09. The summed E-state index contributed by atoms with van der Waals surface area (Å²) in [5.41, 5.74) is 2.53. The summed E-state index contributed by atoms with van der Waals surface area (Å²) in [5, 5.41) is 4.31. The van der Waals surface area contributed by atoms with E-state index in [1.165, 1.54) is 23.7 Å². The van der Waals surface area contributed by atoms with Crippen molar-refractivity contribution in [2.75, 3.05) is 22.9 Å². The fourth-order valence-corrected chi connectivity index (χ4v) is 4.42. The number of rotatable bonds is 4. The summed E-state index contributed by atoms with van der Waals surface area (Å²) in [7, 11) is 0. The molecule has 0 atom stereocenters.